The van der Waals surface area contributed by atoms with Crippen LogP contribution in [0.1, 0.15) is 52.4 Å². The Kier molecular flexibility index (Phi) is 6.14. The van der Waals surface area contributed by atoms with E-state index in [0.717, 1.165) is 45.0 Å². The van der Waals surface area contributed by atoms with Gasteiger partial charge in [0.2, 0.25) is 0 Å². The van der Waals surface area contributed by atoms with Gasteiger partial charge in [0.1, 0.15) is 0 Å². The van der Waals surface area contributed by atoms with Crippen molar-refractivity contribution in [3.8, 4) is 0 Å². The number of piperidine rings is 1. The number of likely N-dealkylation sites (tertiary alicyclic amines) is 1. The van der Waals surface area contributed by atoms with Crippen molar-refractivity contribution in [3.05, 3.63) is 0 Å². The molecule has 2 fully saturated rings. The van der Waals surface area contributed by atoms with E-state index in [1.165, 1.54) is 25.7 Å². The predicted molar refractivity (Wildman–Crippen MR) is 80.7 cm³/mol. The van der Waals surface area contributed by atoms with Crippen LogP contribution in [0.3, 0.4) is 0 Å². The van der Waals surface area contributed by atoms with Gasteiger partial charge in [-0.05, 0) is 44.4 Å². The molecule has 0 aromatic carbocycles. The molecule has 1 saturated carbocycles. The summed E-state index contributed by atoms with van der Waals surface area (Å²) in [5.74, 6) is 1.50. The lowest BCUT2D eigenvalue weighted by Gasteiger charge is -2.33. The molecule has 1 aliphatic carbocycles. The average molecular weight is 282 g/mol. The molecule has 2 aliphatic rings. The summed E-state index contributed by atoms with van der Waals surface area (Å²) in [7, 11) is 0. The molecule has 1 aliphatic heterocycles. The van der Waals surface area contributed by atoms with Gasteiger partial charge in [-0.1, -0.05) is 19.8 Å². The molecular weight excluding hydrogens is 252 g/mol. The second-order valence-corrected chi connectivity index (χ2v) is 6.49. The molecule has 1 saturated heterocycles. The molecule has 0 aromatic heterocycles. The molecule has 1 heterocycles. The molecule has 4 heteroatoms. The molecule has 3 atom stereocenters. The normalized spacial score (nSPS) is 31.1. The second-order valence-electron chi connectivity index (χ2n) is 6.49. The third-order valence-corrected chi connectivity index (χ3v) is 4.65. The topological polar surface area (TPSA) is 41.6 Å². The number of urea groups is 1. The van der Waals surface area contributed by atoms with Gasteiger partial charge < -0.3 is 15.0 Å². The van der Waals surface area contributed by atoms with E-state index in [-0.39, 0.29) is 12.1 Å². The molecule has 2 amide bonds. The van der Waals surface area contributed by atoms with Crippen LogP contribution in [-0.2, 0) is 4.74 Å². The van der Waals surface area contributed by atoms with Crippen LogP contribution in [0.2, 0.25) is 0 Å². The van der Waals surface area contributed by atoms with Crippen LogP contribution in [0.4, 0.5) is 4.79 Å². The monoisotopic (exact) mass is 282 g/mol. The molecule has 0 radical (unpaired) electrons. The van der Waals surface area contributed by atoms with Crippen molar-refractivity contribution >= 4 is 6.03 Å². The van der Waals surface area contributed by atoms with Crippen molar-refractivity contribution in [1.29, 1.82) is 0 Å². The van der Waals surface area contributed by atoms with Gasteiger partial charge in [-0.25, -0.2) is 4.79 Å². The third kappa shape index (κ3) is 4.65. The highest BCUT2D eigenvalue weighted by Crippen LogP contribution is 2.28. The molecule has 4 nitrogen and oxygen atoms in total. The first-order chi connectivity index (χ1) is 9.69. The van der Waals surface area contributed by atoms with Crippen molar-refractivity contribution in [1.82, 2.24) is 10.2 Å². The standard InChI is InChI=1S/C16H30N2O2/c1-3-20-15-8-5-9-18(12-15)16(19)17-11-14-7-4-6-13(2)10-14/h13-15H,3-12H2,1-2H3,(H,17,19)/t13-,14-,15-/m1/s1. The van der Waals surface area contributed by atoms with Gasteiger partial charge in [0.15, 0.2) is 0 Å². The Morgan fingerprint density at radius 1 is 1.30 bits per heavy atom. The Morgan fingerprint density at radius 2 is 2.15 bits per heavy atom. The smallest absolute Gasteiger partial charge is 0.317 e. The lowest BCUT2D eigenvalue weighted by Crippen LogP contribution is -2.48. The molecule has 0 spiro atoms. The second kappa shape index (κ2) is 7.87. The zero-order valence-electron chi connectivity index (χ0n) is 13.1. The zero-order chi connectivity index (χ0) is 14.4. The lowest BCUT2D eigenvalue weighted by atomic mass is 9.82. The molecule has 20 heavy (non-hydrogen) atoms. The minimum absolute atomic E-state index is 0.104. The van der Waals surface area contributed by atoms with Crippen LogP contribution < -0.4 is 5.32 Å². The van der Waals surface area contributed by atoms with Crippen molar-refractivity contribution in [3.63, 3.8) is 0 Å². The van der Waals surface area contributed by atoms with Gasteiger partial charge in [-0.15, -0.1) is 0 Å². The minimum atomic E-state index is 0.104. The van der Waals surface area contributed by atoms with E-state index >= 15 is 0 Å². The zero-order valence-corrected chi connectivity index (χ0v) is 13.1. The SMILES string of the molecule is CCO[C@@H]1CCCN(C(=O)NC[C@@H]2CCC[C@@H](C)C2)C1. The molecule has 1 N–H and O–H groups in total. The number of hydrogen-bond acceptors (Lipinski definition) is 2. The first kappa shape index (κ1) is 15.6. The predicted octanol–water partition coefficient (Wildman–Crippen LogP) is 3.02. The Bertz CT molecular complexity index is 307. The fourth-order valence-electron chi connectivity index (χ4n) is 3.58. The summed E-state index contributed by atoms with van der Waals surface area (Å²) in [4.78, 5) is 14.2. The van der Waals surface area contributed by atoms with E-state index < -0.39 is 0 Å². The van der Waals surface area contributed by atoms with E-state index in [1.807, 2.05) is 11.8 Å². The van der Waals surface area contributed by atoms with Gasteiger partial charge in [-0.2, -0.15) is 0 Å². The van der Waals surface area contributed by atoms with Crippen LogP contribution in [0.15, 0.2) is 0 Å². The van der Waals surface area contributed by atoms with Crippen molar-refractivity contribution in [2.24, 2.45) is 11.8 Å². The summed E-state index contributed by atoms with van der Waals surface area (Å²) in [6.45, 7) is 7.55. The van der Waals surface area contributed by atoms with Gasteiger partial charge >= 0.3 is 6.03 Å². The molecule has 2 rings (SSSR count). The van der Waals surface area contributed by atoms with Crippen LogP contribution in [-0.4, -0.2) is 43.3 Å². The van der Waals surface area contributed by atoms with Gasteiger partial charge in [0, 0.05) is 26.2 Å². The van der Waals surface area contributed by atoms with E-state index in [2.05, 4.69) is 12.2 Å². The number of hydrogen-bond donors (Lipinski definition) is 1. The number of carbonyl (C=O) groups is 1. The number of rotatable bonds is 4. The van der Waals surface area contributed by atoms with Crippen LogP contribution in [0, 0.1) is 11.8 Å². The maximum absolute atomic E-state index is 12.2. The van der Waals surface area contributed by atoms with Gasteiger partial charge in [0.25, 0.3) is 0 Å². The third-order valence-electron chi connectivity index (χ3n) is 4.65. The minimum Gasteiger partial charge on any atom is -0.377 e. The lowest BCUT2D eigenvalue weighted by molar-refractivity contribution is 0.0163. The Labute approximate surface area is 123 Å². The molecule has 0 unspecified atom stereocenters. The summed E-state index contributed by atoms with van der Waals surface area (Å²) in [6, 6.07) is 0.104. The van der Waals surface area contributed by atoms with E-state index in [9.17, 15) is 4.79 Å². The van der Waals surface area contributed by atoms with Crippen molar-refractivity contribution in [2.45, 2.75) is 58.5 Å². The molecular formula is C16H30N2O2. The fourth-order valence-corrected chi connectivity index (χ4v) is 3.58. The maximum Gasteiger partial charge on any atom is 0.317 e. The van der Waals surface area contributed by atoms with E-state index in [0.29, 0.717) is 5.92 Å². The first-order valence-corrected chi connectivity index (χ1v) is 8.33. The van der Waals surface area contributed by atoms with Crippen molar-refractivity contribution < 1.29 is 9.53 Å². The highest BCUT2D eigenvalue weighted by atomic mass is 16.5. The fraction of sp³-hybridized carbons (Fsp3) is 0.938. The Morgan fingerprint density at radius 3 is 2.90 bits per heavy atom. The first-order valence-electron chi connectivity index (χ1n) is 8.33. The van der Waals surface area contributed by atoms with Crippen LogP contribution >= 0.6 is 0 Å². The van der Waals surface area contributed by atoms with Crippen molar-refractivity contribution in [2.75, 3.05) is 26.2 Å². The summed E-state index contributed by atoms with van der Waals surface area (Å²) in [5.41, 5.74) is 0. The number of nitrogens with one attached hydrogen (secondary N) is 1. The van der Waals surface area contributed by atoms with Crippen LogP contribution in [0.25, 0.3) is 0 Å². The number of carbonyl (C=O) groups excluding carboxylic acids is 1. The summed E-state index contributed by atoms with van der Waals surface area (Å²) < 4.78 is 5.65. The van der Waals surface area contributed by atoms with E-state index in [4.69, 9.17) is 4.74 Å². The van der Waals surface area contributed by atoms with E-state index in [1.54, 1.807) is 0 Å². The largest absolute Gasteiger partial charge is 0.377 e. The van der Waals surface area contributed by atoms with Crippen LogP contribution in [0.5, 0.6) is 0 Å². The average Bonchev–Trinajstić information content (AvgIpc) is 2.45. The highest BCUT2D eigenvalue weighted by molar-refractivity contribution is 5.74. The quantitative estimate of drug-likeness (QED) is 0.861. The van der Waals surface area contributed by atoms with Gasteiger partial charge in [0.05, 0.1) is 6.10 Å². The Hall–Kier alpha value is -0.770. The number of ether oxygens (including phenoxy) is 1. The molecule has 116 valence electrons. The summed E-state index contributed by atoms with van der Waals surface area (Å²) >= 11 is 0. The highest BCUT2D eigenvalue weighted by Gasteiger charge is 2.25. The summed E-state index contributed by atoms with van der Waals surface area (Å²) in [5, 5.41) is 3.14. The summed E-state index contributed by atoms with van der Waals surface area (Å²) in [6.07, 6.45) is 7.57. The maximum atomic E-state index is 12.2. The number of nitrogens with zero attached hydrogens (tertiary/aromatic N) is 1. The Balaban J connectivity index is 1.71. The molecule has 0 aromatic rings. The molecule has 0 bridgehead atoms. The van der Waals surface area contributed by atoms with Gasteiger partial charge in [-0.3, -0.25) is 0 Å². The number of amides is 2.